The molecule has 0 saturated carbocycles. The molecule has 0 spiro atoms. The van der Waals surface area contributed by atoms with Crippen LogP contribution in [0.2, 0.25) is 0 Å². The standard InChI is InChI=1S/C14H23N3O/c1-11(2)17(13(18)14(3,4)15-5)10-12-7-6-8-16-9-12/h6-9,11,15H,10H2,1-5H3. The largest absolute Gasteiger partial charge is 0.334 e. The quantitative estimate of drug-likeness (QED) is 0.865. The minimum atomic E-state index is -0.549. The number of carbonyl (C=O) groups is 1. The van der Waals surface area contributed by atoms with Crippen molar-refractivity contribution in [2.45, 2.75) is 45.8 Å². The second-order valence-corrected chi connectivity index (χ2v) is 5.26. The molecule has 1 aromatic rings. The van der Waals surface area contributed by atoms with E-state index in [0.717, 1.165) is 5.56 Å². The Morgan fingerprint density at radius 3 is 2.61 bits per heavy atom. The molecule has 0 unspecified atom stereocenters. The van der Waals surface area contributed by atoms with Crippen molar-refractivity contribution in [3.05, 3.63) is 30.1 Å². The Bertz CT molecular complexity index is 387. The molecule has 1 rings (SSSR count). The molecule has 0 aliphatic rings. The van der Waals surface area contributed by atoms with Crippen LogP contribution in [-0.4, -0.2) is 34.4 Å². The Kier molecular flexibility index (Phi) is 4.84. The van der Waals surface area contributed by atoms with Crippen molar-refractivity contribution in [1.82, 2.24) is 15.2 Å². The van der Waals surface area contributed by atoms with E-state index in [1.54, 1.807) is 19.4 Å². The minimum absolute atomic E-state index is 0.101. The van der Waals surface area contributed by atoms with E-state index in [9.17, 15) is 4.79 Å². The molecule has 0 atom stereocenters. The summed E-state index contributed by atoms with van der Waals surface area (Å²) < 4.78 is 0. The molecule has 1 N–H and O–H groups in total. The fourth-order valence-corrected chi connectivity index (χ4v) is 1.64. The summed E-state index contributed by atoms with van der Waals surface area (Å²) in [6.07, 6.45) is 3.54. The van der Waals surface area contributed by atoms with E-state index in [1.165, 1.54) is 0 Å². The molecule has 0 saturated heterocycles. The first-order chi connectivity index (χ1) is 8.38. The van der Waals surface area contributed by atoms with Gasteiger partial charge in [0.25, 0.3) is 0 Å². The van der Waals surface area contributed by atoms with E-state index in [1.807, 2.05) is 44.7 Å². The number of pyridine rings is 1. The van der Waals surface area contributed by atoms with Crippen LogP contribution in [0.1, 0.15) is 33.3 Å². The molecule has 0 aliphatic heterocycles. The molecule has 4 heteroatoms. The lowest BCUT2D eigenvalue weighted by atomic mass is 10.0. The highest BCUT2D eigenvalue weighted by molar-refractivity contribution is 5.85. The van der Waals surface area contributed by atoms with Gasteiger partial charge < -0.3 is 10.2 Å². The molecule has 0 radical (unpaired) electrons. The summed E-state index contributed by atoms with van der Waals surface area (Å²) in [6.45, 7) is 8.44. The lowest BCUT2D eigenvalue weighted by molar-refractivity contribution is -0.139. The summed E-state index contributed by atoms with van der Waals surface area (Å²) in [4.78, 5) is 18.4. The molecule has 1 aromatic heterocycles. The summed E-state index contributed by atoms with van der Waals surface area (Å²) >= 11 is 0. The first-order valence-corrected chi connectivity index (χ1v) is 6.27. The van der Waals surface area contributed by atoms with Crippen molar-refractivity contribution >= 4 is 5.91 Å². The van der Waals surface area contributed by atoms with Crippen LogP contribution in [0.5, 0.6) is 0 Å². The SMILES string of the molecule is CNC(C)(C)C(=O)N(Cc1cccnc1)C(C)C. The van der Waals surface area contributed by atoms with Gasteiger partial charge in [0.2, 0.25) is 5.91 Å². The summed E-state index contributed by atoms with van der Waals surface area (Å²) in [7, 11) is 1.81. The summed E-state index contributed by atoms with van der Waals surface area (Å²) in [6, 6.07) is 4.04. The number of hydrogen-bond donors (Lipinski definition) is 1. The van der Waals surface area contributed by atoms with Crippen LogP contribution in [0.25, 0.3) is 0 Å². The smallest absolute Gasteiger partial charge is 0.242 e. The number of likely N-dealkylation sites (N-methyl/N-ethyl adjacent to an activating group) is 1. The maximum atomic E-state index is 12.5. The Morgan fingerprint density at radius 2 is 2.17 bits per heavy atom. The van der Waals surface area contributed by atoms with Gasteiger partial charge in [0.1, 0.15) is 0 Å². The molecule has 4 nitrogen and oxygen atoms in total. The van der Waals surface area contributed by atoms with Gasteiger partial charge in [-0.2, -0.15) is 0 Å². The number of amides is 1. The van der Waals surface area contributed by atoms with E-state index >= 15 is 0 Å². The van der Waals surface area contributed by atoms with E-state index in [2.05, 4.69) is 10.3 Å². The third kappa shape index (κ3) is 3.53. The molecule has 0 aliphatic carbocycles. The second kappa shape index (κ2) is 5.96. The fourth-order valence-electron chi connectivity index (χ4n) is 1.64. The Hall–Kier alpha value is -1.42. The molecule has 1 amide bonds. The average Bonchev–Trinajstić information content (AvgIpc) is 2.36. The summed E-state index contributed by atoms with van der Waals surface area (Å²) in [5.74, 6) is 0.101. The Morgan fingerprint density at radius 1 is 1.50 bits per heavy atom. The number of carbonyl (C=O) groups excluding carboxylic acids is 1. The third-order valence-electron chi connectivity index (χ3n) is 3.12. The van der Waals surface area contributed by atoms with Gasteiger partial charge in [-0.1, -0.05) is 6.07 Å². The van der Waals surface area contributed by atoms with Crippen LogP contribution in [0, 0.1) is 0 Å². The summed E-state index contributed by atoms with van der Waals surface area (Å²) in [5.41, 5.74) is 0.499. The first-order valence-electron chi connectivity index (χ1n) is 6.27. The minimum Gasteiger partial charge on any atom is -0.334 e. The molecule has 1 heterocycles. The molecule has 18 heavy (non-hydrogen) atoms. The molecular formula is C14H23N3O. The Labute approximate surface area is 109 Å². The summed E-state index contributed by atoms with van der Waals surface area (Å²) in [5, 5.41) is 3.06. The van der Waals surface area contributed by atoms with Crippen LogP contribution < -0.4 is 5.32 Å². The van der Waals surface area contributed by atoms with Crippen molar-refractivity contribution < 1.29 is 4.79 Å². The molecule has 0 fully saturated rings. The van der Waals surface area contributed by atoms with E-state index in [0.29, 0.717) is 6.54 Å². The van der Waals surface area contributed by atoms with Crippen molar-refractivity contribution in [1.29, 1.82) is 0 Å². The van der Waals surface area contributed by atoms with Gasteiger partial charge in [-0.3, -0.25) is 9.78 Å². The Balaban J connectivity index is 2.88. The predicted molar refractivity (Wildman–Crippen MR) is 73.1 cm³/mol. The van der Waals surface area contributed by atoms with Crippen LogP contribution >= 0.6 is 0 Å². The molecule has 0 bridgehead atoms. The van der Waals surface area contributed by atoms with Crippen molar-refractivity contribution in [2.75, 3.05) is 7.05 Å². The third-order valence-corrected chi connectivity index (χ3v) is 3.12. The lowest BCUT2D eigenvalue weighted by Gasteiger charge is -2.34. The van der Waals surface area contributed by atoms with Gasteiger partial charge in [0.05, 0.1) is 5.54 Å². The normalized spacial score (nSPS) is 11.7. The highest BCUT2D eigenvalue weighted by Crippen LogP contribution is 2.14. The zero-order valence-corrected chi connectivity index (χ0v) is 11.9. The van der Waals surface area contributed by atoms with Crippen molar-refractivity contribution in [3.8, 4) is 0 Å². The van der Waals surface area contributed by atoms with Crippen molar-refractivity contribution in [3.63, 3.8) is 0 Å². The van der Waals surface area contributed by atoms with Gasteiger partial charge in [0, 0.05) is 25.0 Å². The first kappa shape index (κ1) is 14.6. The van der Waals surface area contributed by atoms with Crippen LogP contribution in [0.4, 0.5) is 0 Å². The predicted octanol–water partition coefficient (Wildman–Crippen LogP) is 1.82. The topological polar surface area (TPSA) is 45.2 Å². The van der Waals surface area contributed by atoms with Gasteiger partial charge in [-0.05, 0) is 46.4 Å². The number of rotatable bonds is 5. The van der Waals surface area contributed by atoms with Crippen LogP contribution in [-0.2, 0) is 11.3 Å². The molecule has 100 valence electrons. The van der Waals surface area contributed by atoms with Crippen LogP contribution in [0.3, 0.4) is 0 Å². The lowest BCUT2D eigenvalue weighted by Crippen LogP contribution is -2.54. The van der Waals surface area contributed by atoms with E-state index < -0.39 is 5.54 Å². The van der Waals surface area contributed by atoms with Gasteiger partial charge >= 0.3 is 0 Å². The second-order valence-electron chi connectivity index (χ2n) is 5.26. The maximum absolute atomic E-state index is 12.5. The van der Waals surface area contributed by atoms with E-state index in [-0.39, 0.29) is 11.9 Å². The average molecular weight is 249 g/mol. The van der Waals surface area contributed by atoms with Crippen molar-refractivity contribution in [2.24, 2.45) is 0 Å². The van der Waals surface area contributed by atoms with Gasteiger partial charge in [-0.15, -0.1) is 0 Å². The molecule has 0 aromatic carbocycles. The number of hydrogen-bond acceptors (Lipinski definition) is 3. The highest BCUT2D eigenvalue weighted by Gasteiger charge is 2.31. The number of nitrogens with zero attached hydrogens (tertiary/aromatic N) is 2. The zero-order chi connectivity index (χ0) is 13.8. The van der Waals surface area contributed by atoms with E-state index in [4.69, 9.17) is 0 Å². The van der Waals surface area contributed by atoms with Crippen LogP contribution in [0.15, 0.2) is 24.5 Å². The highest BCUT2D eigenvalue weighted by atomic mass is 16.2. The fraction of sp³-hybridized carbons (Fsp3) is 0.571. The number of aromatic nitrogens is 1. The number of nitrogens with one attached hydrogen (secondary N) is 1. The van der Waals surface area contributed by atoms with Gasteiger partial charge in [0.15, 0.2) is 0 Å². The monoisotopic (exact) mass is 249 g/mol. The van der Waals surface area contributed by atoms with Gasteiger partial charge in [-0.25, -0.2) is 0 Å². The molecular weight excluding hydrogens is 226 g/mol. The zero-order valence-electron chi connectivity index (χ0n) is 11.9. The maximum Gasteiger partial charge on any atom is 0.242 e.